The maximum absolute atomic E-state index is 12.7. The number of rotatable bonds is 10. The second-order valence-electron chi connectivity index (χ2n) is 11.2. The molecular weight excluding hydrogens is 538 g/mol. The summed E-state index contributed by atoms with van der Waals surface area (Å²) in [4.78, 5) is 29.3. The van der Waals surface area contributed by atoms with Crippen molar-refractivity contribution < 1.29 is 14.3 Å². The van der Waals surface area contributed by atoms with E-state index in [2.05, 4.69) is 64.4 Å². The van der Waals surface area contributed by atoms with Gasteiger partial charge in [-0.1, -0.05) is 31.2 Å². The molecule has 1 fully saturated rings. The molecule has 3 heterocycles. The van der Waals surface area contributed by atoms with Crippen molar-refractivity contribution in [2.45, 2.75) is 33.4 Å². The molecule has 218 valence electrons. The number of carbonyl (C=O) groups excluding carboxylic acids is 1. The van der Waals surface area contributed by atoms with Gasteiger partial charge in [0.1, 0.15) is 23.1 Å². The average Bonchev–Trinajstić information content (AvgIpc) is 3.77. The van der Waals surface area contributed by atoms with Crippen LogP contribution < -0.4 is 19.7 Å². The molecule has 1 aliphatic carbocycles. The molecule has 0 spiro atoms. The third-order valence-electron chi connectivity index (χ3n) is 8.07. The number of aromatic nitrogens is 3. The fourth-order valence-electron chi connectivity index (χ4n) is 5.33. The van der Waals surface area contributed by atoms with Crippen LogP contribution >= 0.6 is 0 Å². The molecule has 1 amide bonds. The monoisotopic (exact) mass is 573 g/mol. The van der Waals surface area contributed by atoms with Gasteiger partial charge in [-0.2, -0.15) is 0 Å². The Kier molecular flexibility index (Phi) is 7.92. The highest BCUT2D eigenvalue weighted by atomic mass is 16.5. The van der Waals surface area contributed by atoms with Crippen molar-refractivity contribution in [2.24, 2.45) is 11.8 Å². The molecule has 3 aromatic heterocycles. The Hall–Kier alpha value is -4.98. The van der Waals surface area contributed by atoms with Gasteiger partial charge in [0.05, 0.1) is 19.9 Å². The molecule has 0 bridgehead atoms. The molecule has 0 unspecified atom stereocenters. The van der Waals surface area contributed by atoms with Crippen LogP contribution in [0.3, 0.4) is 0 Å². The molecule has 0 radical (unpaired) electrons. The molecule has 2 aromatic carbocycles. The Bertz CT molecular complexity index is 1710. The minimum Gasteiger partial charge on any atom is -0.497 e. The lowest BCUT2D eigenvalue weighted by molar-refractivity contribution is -0.117. The normalized spacial score (nSPS) is 15.6. The Morgan fingerprint density at radius 3 is 2.12 bits per heavy atom. The summed E-state index contributed by atoms with van der Waals surface area (Å²) in [6, 6.07) is 22.2. The Balaban J connectivity index is 1.46. The van der Waals surface area contributed by atoms with E-state index < -0.39 is 0 Å². The van der Waals surface area contributed by atoms with Crippen molar-refractivity contribution >= 4 is 28.3 Å². The largest absolute Gasteiger partial charge is 0.497 e. The zero-order valence-corrected chi connectivity index (χ0v) is 24.9. The highest BCUT2D eigenvalue weighted by molar-refractivity contribution is 5.99. The van der Waals surface area contributed by atoms with Crippen LogP contribution in [-0.4, -0.2) is 35.1 Å². The van der Waals surface area contributed by atoms with Gasteiger partial charge < -0.3 is 19.7 Å². The first-order chi connectivity index (χ1) is 20.9. The molecule has 0 aliphatic heterocycles. The highest BCUT2D eigenvalue weighted by Gasteiger charge is 2.39. The molecule has 5 aromatic rings. The lowest BCUT2D eigenvalue weighted by atomic mass is 10.0. The summed E-state index contributed by atoms with van der Waals surface area (Å²) in [5.41, 5.74) is 5.07. The quantitative estimate of drug-likeness (QED) is 0.196. The summed E-state index contributed by atoms with van der Waals surface area (Å²) in [6.07, 6.45) is 6.38. The van der Waals surface area contributed by atoms with E-state index in [-0.39, 0.29) is 11.8 Å². The van der Waals surface area contributed by atoms with Gasteiger partial charge in [0.25, 0.3) is 0 Å². The number of methoxy groups -OCH3 is 2. The minimum atomic E-state index is 0.0256. The number of pyridine rings is 3. The molecule has 1 N–H and O–H groups in total. The number of benzene rings is 2. The molecule has 2 atom stereocenters. The maximum atomic E-state index is 12.7. The van der Waals surface area contributed by atoms with Crippen LogP contribution in [0, 0.1) is 18.8 Å². The summed E-state index contributed by atoms with van der Waals surface area (Å²) < 4.78 is 10.8. The van der Waals surface area contributed by atoms with E-state index in [1.807, 2.05) is 48.8 Å². The van der Waals surface area contributed by atoms with Crippen molar-refractivity contribution in [2.75, 3.05) is 24.4 Å². The van der Waals surface area contributed by atoms with Crippen LogP contribution in [-0.2, 0) is 17.9 Å². The van der Waals surface area contributed by atoms with E-state index >= 15 is 0 Å². The Morgan fingerprint density at radius 2 is 1.56 bits per heavy atom. The van der Waals surface area contributed by atoms with Gasteiger partial charge in [-0.25, -0.2) is 9.97 Å². The molecule has 8 nitrogen and oxygen atoms in total. The van der Waals surface area contributed by atoms with Crippen LogP contribution in [0.5, 0.6) is 11.5 Å². The van der Waals surface area contributed by atoms with Crippen molar-refractivity contribution in [3.63, 3.8) is 0 Å². The summed E-state index contributed by atoms with van der Waals surface area (Å²) in [5, 5.41) is 4.86. The van der Waals surface area contributed by atoms with Crippen molar-refractivity contribution in [3.8, 4) is 22.8 Å². The zero-order valence-electron chi connectivity index (χ0n) is 24.9. The van der Waals surface area contributed by atoms with Gasteiger partial charge in [0.2, 0.25) is 5.91 Å². The number of hydrogen-bond donors (Lipinski definition) is 1. The second kappa shape index (κ2) is 12.1. The predicted octanol–water partition coefficient (Wildman–Crippen LogP) is 6.82. The van der Waals surface area contributed by atoms with E-state index in [4.69, 9.17) is 14.5 Å². The summed E-state index contributed by atoms with van der Waals surface area (Å²) in [5.74, 6) is 3.45. The number of fused-ring (bicyclic) bond motifs is 1. The lowest BCUT2D eigenvalue weighted by Gasteiger charge is -2.26. The first-order valence-electron chi connectivity index (χ1n) is 14.5. The first-order valence-corrected chi connectivity index (χ1v) is 14.5. The van der Waals surface area contributed by atoms with Gasteiger partial charge in [-0.15, -0.1) is 0 Å². The van der Waals surface area contributed by atoms with Crippen molar-refractivity contribution in [3.05, 3.63) is 102 Å². The summed E-state index contributed by atoms with van der Waals surface area (Å²) in [6.45, 7) is 5.36. The molecule has 6 rings (SSSR count). The van der Waals surface area contributed by atoms with E-state index in [9.17, 15) is 4.79 Å². The van der Waals surface area contributed by atoms with Crippen LogP contribution in [0.25, 0.3) is 22.0 Å². The van der Waals surface area contributed by atoms with Gasteiger partial charge in [0, 0.05) is 48.5 Å². The van der Waals surface area contributed by atoms with E-state index in [1.54, 1.807) is 20.4 Å². The average molecular weight is 574 g/mol. The number of aryl methyl sites for hydroxylation is 1. The predicted molar refractivity (Wildman–Crippen MR) is 169 cm³/mol. The SMILES string of the molecule is COc1ccc(CN(Cc2ccc(OC)cc2)c2nc(-c3cnccc3C)cc3cc(NC(=O)[C@H]4C[C@H]4C)ncc23)cc1. The number of carbonyl (C=O) groups is 1. The molecule has 0 saturated heterocycles. The highest BCUT2D eigenvalue weighted by Crippen LogP contribution is 2.39. The summed E-state index contributed by atoms with van der Waals surface area (Å²) in [7, 11) is 3.34. The third-order valence-corrected chi connectivity index (χ3v) is 8.07. The Labute approximate surface area is 251 Å². The number of amides is 1. The number of anilines is 2. The second-order valence-corrected chi connectivity index (χ2v) is 11.2. The van der Waals surface area contributed by atoms with Crippen molar-refractivity contribution in [1.29, 1.82) is 0 Å². The smallest absolute Gasteiger partial charge is 0.228 e. The fourth-order valence-corrected chi connectivity index (χ4v) is 5.33. The molecule has 1 saturated carbocycles. The molecule has 8 heteroatoms. The number of hydrogen-bond acceptors (Lipinski definition) is 7. The van der Waals surface area contributed by atoms with Crippen LogP contribution in [0.2, 0.25) is 0 Å². The Morgan fingerprint density at radius 1 is 0.930 bits per heavy atom. The standard InChI is InChI=1S/C35H35N5O3/c1-22-13-14-36-18-30(22)32-16-26-17-33(39-35(41)29-15-23(29)2)37-19-31(26)34(38-32)40(20-24-5-9-27(42-3)10-6-24)21-25-7-11-28(43-4)12-8-25/h5-14,16-19,23,29H,15,20-21H2,1-4H3,(H,37,39,41)/t23-,29+/m1/s1. The molecule has 43 heavy (non-hydrogen) atoms. The maximum Gasteiger partial charge on any atom is 0.228 e. The lowest BCUT2D eigenvalue weighted by Crippen LogP contribution is -2.24. The van der Waals surface area contributed by atoms with Crippen LogP contribution in [0.15, 0.2) is 85.3 Å². The van der Waals surface area contributed by atoms with E-state index in [0.29, 0.717) is 24.8 Å². The van der Waals surface area contributed by atoms with Gasteiger partial charge in [0.15, 0.2) is 0 Å². The van der Waals surface area contributed by atoms with Gasteiger partial charge >= 0.3 is 0 Å². The molecular formula is C35H35N5O3. The number of nitrogens with zero attached hydrogens (tertiary/aromatic N) is 4. The van der Waals surface area contributed by atoms with Gasteiger partial charge in [-0.3, -0.25) is 9.78 Å². The number of ether oxygens (including phenoxy) is 2. The van der Waals surface area contributed by atoms with Crippen LogP contribution in [0.4, 0.5) is 11.6 Å². The topological polar surface area (TPSA) is 89.5 Å². The van der Waals surface area contributed by atoms with Crippen molar-refractivity contribution in [1.82, 2.24) is 15.0 Å². The van der Waals surface area contributed by atoms with Gasteiger partial charge in [-0.05, 0) is 83.8 Å². The fraction of sp³-hybridized carbons (Fsp3) is 0.257. The number of nitrogens with one attached hydrogen (secondary N) is 1. The summed E-state index contributed by atoms with van der Waals surface area (Å²) >= 11 is 0. The first kappa shape index (κ1) is 28.2. The van der Waals surface area contributed by atoms with E-state index in [0.717, 1.165) is 62.5 Å². The van der Waals surface area contributed by atoms with Crippen LogP contribution in [0.1, 0.15) is 30.0 Å². The zero-order chi connectivity index (χ0) is 29.9. The minimum absolute atomic E-state index is 0.0256. The van der Waals surface area contributed by atoms with E-state index in [1.165, 1.54) is 0 Å². The third kappa shape index (κ3) is 6.28. The molecule has 1 aliphatic rings.